The first-order valence-corrected chi connectivity index (χ1v) is 12.1. The molecule has 1 unspecified atom stereocenters. The molecule has 1 N–H and O–H groups in total. The van der Waals surface area contributed by atoms with Crippen molar-refractivity contribution < 1.29 is 13.2 Å². The lowest BCUT2D eigenvalue weighted by Crippen LogP contribution is -2.54. The SMILES string of the molecule is CC(C(=O)Nc1ccc2ccccc2c1)N1CCN(S(=O)(=O)Cc2ccccc2)CC1. The Kier molecular flexibility index (Phi) is 6.36. The van der Waals surface area contributed by atoms with Gasteiger partial charge in [-0.3, -0.25) is 9.69 Å². The van der Waals surface area contributed by atoms with Crippen LogP contribution < -0.4 is 5.32 Å². The molecule has 0 radical (unpaired) electrons. The highest BCUT2D eigenvalue weighted by atomic mass is 32.2. The third-order valence-corrected chi connectivity index (χ3v) is 7.65. The highest BCUT2D eigenvalue weighted by Gasteiger charge is 2.30. The van der Waals surface area contributed by atoms with Crippen LogP contribution in [0.2, 0.25) is 0 Å². The smallest absolute Gasteiger partial charge is 0.241 e. The van der Waals surface area contributed by atoms with E-state index >= 15 is 0 Å². The fourth-order valence-corrected chi connectivity index (χ4v) is 5.44. The van der Waals surface area contributed by atoms with Crippen LogP contribution in [0.5, 0.6) is 0 Å². The van der Waals surface area contributed by atoms with E-state index in [1.807, 2.05) is 84.6 Å². The Morgan fingerprint density at radius 2 is 1.55 bits per heavy atom. The molecule has 7 heteroatoms. The van der Waals surface area contributed by atoms with E-state index in [4.69, 9.17) is 0 Å². The van der Waals surface area contributed by atoms with E-state index in [2.05, 4.69) is 5.32 Å². The topological polar surface area (TPSA) is 69.7 Å². The minimum atomic E-state index is -3.37. The molecule has 0 aromatic heterocycles. The molecule has 6 nitrogen and oxygen atoms in total. The second kappa shape index (κ2) is 9.18. The van der Waals surface area contributed by atoms with Gasteiger partial charge < -0.3 is 5.32 Å². The summed E-state index contributed by atoms with van der Waals surface area (Å²) >= 11 is 0. The van der Waals surface area contributed by atoms with Crippen molar-refractivity contribution in [3.8, 4) is 0 Å². The third kappa shape index (κ3) is 5.12. The number of hydrogen-bond donors (Lipinski definition) is 1. The number of nitrogens with one attached hydrogen (secondary N) is 1. The van der Waals surface area contributed by atoms with Gasteiger partial charge in [-0.1, -0.05) is 60.7 Å². The predicted octanol–water partition coefficient (Wildman–Crippen LogP) is 3.31. The van der Waals surface area contributed by atoms with E-state index in [0.29, 0.717) is 26.2 Å². The monoisotopic (exact) mass is 437 g/mol. The van der Waals surface area contributed by atoms with Gasteiger partial charge in [0, 0.05) is 31.9 Å². The summed E-state index contributed by atoms with van der Waals surface area (Å²) < 4.78 is 27.0. The van der Waals surface area contributed by atoms with Gasteiger partial charge >= 0.3 is 0 Å². The second-order valence-electron chi connectivity index (χ2n) is 7.90. The van der Waals surface area contributed by atoms with Crippen molar-refractivity contribution >= 4 is 32.4 Å². The third-order valence-electron chi connectivity index (χ3n) is 5.80. The first kappa shape index (κ1) is 21.5. The van der Waals surface area contributed by atoms with Gasteiger partial charge in [0.05, 0.1) is 11.8 Å². The lowest BCUT2D eigenvalue weighted by Gasteiger charge is -2.36. The summed E-state index contributed by atoms with van der Waals surface area (Å²) in [6, 6.07) is 22.8. The van der Waals surface area contributed by atoms with Crippen LogP contribution in [-0.4, -0.2) is 55.8 Å². The van der Waals surface area contributed by atoms with Gasteiger partial charge in [0.25, 0.3) is 0 Å². The standard InChI is InChI=1S/C24H27N3O3S/c1-19(24(28)25-23-12-11-21-9-5-6-10-22(21)17-23)26-13-15-27(16-14-26)31(29,30)18-20-7-3-2-4-8-20/h2-12,17,19H,13-16,18H2,1H3,(H,25,28). The maximum atomic E-state index is 12.8. The minimum Gasteiger partial charge on any atom is -0.325 e. The van der Waals surface area contributed by atoms with Gasteiger partial charge in [0.15, 0.2) is 0 Å². The predicted molar refractivity (Wildman–Crippen MR) is 124 cm³/mol. The fraction of sp³-hybridized carbons (Fsp3) is 0.292. The summed E-state index contributed by atoms with van der Waals surface area (Å²) in [4.78, 5) is 14.8. The molecule has 31 heavy (non-hydrogen) atoms. The van der Waals surface area contributed by atoms with Crippen molar-refractivity contribution in [3.05, 3.63) is 78.4 Å². The van der Waals surface area contributed by atoms with Crippen molar-refractivity contribution in [3.63, 3.8) is 0 Å². The van der Waals surface area contributed by atoms with Gasteiger partial charge in [-0.15, -0.1) is 0 Å². The Morgan fingerprint density at radius 3 is 2.26 bits per heavy atom. The highest BCUT2D eigenvalue weighted by molar-refractivity contribution is 7.88. The molecule has 3 aromatic rings. The van der Waals surface area contributed by atoms with Gasteiger partial charge in [-0.05, 0) is 35.4 Å². The van der Waals surface area contributed by atoms with E-state index in [1.54, 1.807) is 0 Å². The molecule has 1 amide bonds. The number of sulfonamides is 1. The summed E-state index contributed by atoms with van der Waals surface area (Å²) in [6.07, 6.45) is 0. The number of benzene rings is 3. The van der Waals surface area contributed by atoms with E-state index in [-0.39, 0.29) is 17.7 Å². The van der Waals surface area contributed by atoms with Crippen molar-refractivity contribution in [2.45, 2.75) is 18.7 Å². The number of carbonyl (C=O) groups excluding carboxylic acids is 1. The number of piperazine rings is 1. The number of carbonyl (C=O) groups is 1. The number of fused-ring (bicyclic) bond motifs is 1. The van der Waals surface area contributed by atoms with Gasteiger partial charge in [-0.2, -0.15) is 4.31 Å². The molecule has 1 atom stereocenters. The molecule has 1 aliphatic heterocycles. The number of hydrogen-bond acceptors (Lipinski definition) is 4. The van der Waals surface area contributed by atoms with Crippen LogP contribution in [-0.2, 0) is 20.6 Å². The molecule has 0 spiro atoms. The Labute approximate surface area is 183 Å². The zero-order chi connectivity index (χ0) is 21.8. The van der Waals surface area contributed by atoms with Crippen LogP contribution in [0.4, 0.5) is 5.69 Å². The Bertz CT molecular complexity index is 1160. The number of anilines is 1. The molecular weight excluding hydrogens is 410 g/mol. The second-order valence-corrected chi connectivity index (χ2v) is 9.87. The number of amides is 1. The minimum absolute atomic E-state index is 0.00580. The summed E-state index contributed by atoms with van der Waals surface area (Å²) in [7, 11) is -3.37. The molecule has 1 heterocycles. The average Bonchev–Trinajstić information content (AvgIpc) is 2.79. The van der Waals surface area contributed by atoms with Crippen LogP contribution in [0.15, 0.2) is 72.8 Å². The average molecular weight is 438 g/mol. The zero-order valence-electron chi connectivity index (χ0n) is 17.6. The normalized spacial score (nSPS) is 16.8. The molecule has 3 aromatic carbocycles. The largest absolute Gasteiger partial charge is 0.325 e. The highest BCUT2D eigenvalue weighted by Crippen LogP contribution is 2.20. The molecule has 4 rings (SSSR count). The summed E-state index contributed by atoms with van der Waals surface area (Å²) in [6.45, 7) is 3.71. The molecule has 162 valence electrons. The van der Waals surface area contributed by atoms with E-state index < -0.39 is 10.0 Å². The van der Waals surface area contributed by atoms with Gasteiger partial charge in [0.2, 0.25) is 15.9 Å². The quantitative estimate of drug-likeness (QED) is 0.642. The maximum Gasteiger partial charge on any atom is 0.241 e. The van der Waals surface area contributed by atoms with Gasteiger partial charge in [0.1, 0.15) is 0 Å². The molecule has 1 saturated heterocycles. The van der Waals surface area contributed by atoms with Crippen LogP contribution in [0.3, 0.4) is 0 Å². The fourth-order valence-electron chi connectivity index (χ4n) is 3.92. The van der Waals surface area contributed by atoms with Crippen molar-refractivity contribution in [2.75, 3.05) is 31.5 Å². The maximum absolute atomic E-state index is 12.8. The molecule has 0 bridgehead atoms. The van der Waals surface area contributed by atoms with Crippen LogP contribution >= 0.6 is 0 Å². The van der Waals surface area contributed by atoms with Gasteiger partial charge in [-0.25, -0.2) is 8.42 Å². The summed E-state index contributed by atoms with van der Waals surface area (Å²) in [5.74, 6) is -0.0814. The Hall–Kier alpha value is -2.74. The molecule has 0 saturated carbocycles. The Balaban J connectivity index is 1.33. The molecule has 0 aliphatic carbocycles. The number of rotatable bonds is 6. The molecule has 1 fully saturated rings. The molecule has 1 aliphatic rings. The zero-order valence-corrected chi connectivity index (χ0v) is 18.4. The van der Waals surface area contributed by atoms with Crippen molar-refractivity contribution in [1.29, 1.82) is 0 Å². The van der Waals surface area contributed by atoms with Crippen molar-refractivity contribution in [2.24, 2.45) is 0 Å². The first-order chi connectivity index (χ1) is 14.9. The van der Waals surface area contributed by atoms with Crippen LogP contribution in [0.25, 0.3) is 10.8 Å². The van der Waals surface area contributed by atoms with E-state index in [0.717, 1.165) is 22.0 Å². The lowest BCUT2D eigenvalue weighted by molar-refractivity contribution is -0.121. The Morgan fingerprint density at radius 1 is 0.903 bits per heavy atom. The summed E-state index contributed by atoms with van der Waals surface area (Å²) in [5, 5.41) is 5.19. The summed E-state index contributed by atoms with van der Waals surface area (Å²) in [5.41, 5.74) is 1.55. The van der Waals surface area contributed by atoms with Crippen LogP contribution in [0, 0.1) is 0 Å². The van der Waals surface area contributed by atoms with E-state index in [9.17, 15) is 13.2 Å². The first-order valence-electron chi connectivity index (χ1n) is 10.5. The van der Waals surface area contributed by atoms with Crippen molar-refractivity contribution in [1.82, 2.24) is 9.21 Å². The molecular formula is C24H27N3O3S. The lowest BCUT2D eigenvalue weighted by atomic mass is 10.1. The van der Waals surface area contributed by atoms with Crippen LogP contribution in [0.1, 0.15) is 12.5 Å². The van der Waals surface area contributed by atoms with E-state index in [1.165, 1.54) is 4.31 Å². The number of nitrogens with zero attached hydrogens (tertiary/aromatic N) is 2.